The fraction of sp³-hybridized carbons (Fsp3) is 0.194. The van der Waals surface area contributed by atoms with Crippen LogP contribution >= 0.6 is 0 Å². The van der Waals surface area contributed by atoms with Crippen LogP contribution in [0.5, 0.6) is 0 Å². The first-order valence-electron chi connectivity index (χ1n) is 25.2. The van der Waals surface area contributed by atoms with Crippen molar-refractivity contribution in [2.24, 2.45) is 23.7 Å². The van der Waals surface area contributed by atoms with E-state index in [1.807, 2.05) is 0 Å². The number of hydrogen-bond donors (Lipinski definition) is 0. The molecule has 0 unspecified atom stereocenters. The number of rotatable bonds is 7. The van der Waals surface area contributed by atoms with Crippen LogP contribution in [-0.4, -0.2) is 0 Å². The smallest absolute Gasteiger partial charge is 0.0540 e. The number of hydrogen-bond acceptors (Lipinski definition) is 1. The van der Waals surface area contributed by atoms with Gasteiger partial charge in [0.1, 0.15) is 0 Å². The van der Waals surface area contributed by atoms with Crippen molar-refractivity contribution < 1.29 is 0 Å². The van der Waals surface area contributed by atoms with E-state index in [-0.39, 0.29) is 10.8 Å². The Morgan fingerprint density at radius 2 is 0.824 bits per heavy atom. The van der Waals surface area contributed by atoms with Crippen molar-refractivity contribution in [2.75, 3.05) is 4.90 Å². The van der Waals surface area contributed by atoms with Crippen molar-refractivity contribution in [3.63, 3.8) is 0 Å². The summed E-state index contributed by atoms with van der Waals surface area (Å²) in [4.78, 5) is 2.60. The Morgan fingerprint density at radius 1 is 0.338 bits per heavy atom. The minimum Gasteiger partial charge on any atom is -0.310 e. The van der Waals surface area contributed by atoms with E-state index in [0.29, 0.717) is 11.8 Å². The fourth-order valence-electron chi connectivity index (χ4n) is 15.0. The van der Waals surface area contributed by atoms with Gasteiger partial charge in [0.15, 0.2) is 0 Å². The van der Waals surface area contributed by atoms with Gasteiger partial charge in [0.05, 0.1) is 5.69 Å². The lowest BCUT2D eigenvalue weighted by Crippen LogP contribution is -2.55. The minimum absolute atomic E-state index is 0.0635. The molecule has 0 atom stereocenters. The Hall–Kier alpha value is -7.22. The first-order chi connectivity index (χ1) is 33.4. The molecule has 0 N–H and O–H groups in total. The van der Waals surface area contributed by atoms with E-state index in [1.165, 1.54) is 127 Å². The van der Waals surface area contributed by atoms with Crippen LogP contribution in [0.2, 0.25) is 0 Å². The van der Waals surface area contributed by atoms with Gasteiger partial charge in [0, 0.05) is 27.8 Å². The van der Waals surface area contributed by atoms with Crippen LogP contribution in [0.1, 0.15) is 68.2 Å². The first kappa shape index (κ1) is 39.9. The van der Waals surface area contributed by atoms with Crippen molar-refractivity contribution >= 4 is 17.1 Å². The van der Waals surface area contributed by atoms with Crippen LogP contribution in [0.4, 0.5) is 17.1 Å². The molecule has 68 heavy (non-hydrogen) atoms. The summed E-state index contributed by atoms with van der Waals surface area (Å²) in [5.74, 6) is 3.16. The lowest BCUT2D eigenvalue weighted by Gasteiger charge is -2.61. The molecular formula is C67H55N. The maximum absolute atomic E-state index is 2.66. The summed E-state index contributed by atoms with van der Waals surface area (Å²) in [6.07, 6.45) is 6.91. The zero-order valence-corrected chi connectivity index (χ0v) is 39.0. The molecule has 0 heterocycles. The van der Waals surface area contributed by atoms with Crippen molar-refractivity contribution in [1.82, 2.24) is 0 Å². The number of benzene rings is 9. The predicted molar refractivity (Wildman–Crippen MR) is 284 cm³/mol. The molecule has 0 aromatic heterocycles. The molecule has 4 fully saturated rings. The van der Waals surface area contributed by atoms with Gasteiger partial charge in [-0.1, -0.05) is 190 Å². The molecule has 6 aliphatic rings. The van der Waals surface area contributed by atoms with E-state index in [0.717, 1.165) is 11.8 Å². The summed E-state index contributed by atoms with van der Waals surface area (Å²) in [5, 5.41) is 0. The quantitative estimate of drug-likeness (QED) is 0.154. The van der Waals surface area contributed by atoms with Gasteiger partial charge in [-0.25, -0.2) is 0 Å². The molecule has 0 saturated heterocycles. The number of nitrogens with zero attached hydrogens (tertiary/aromatic N) is 1. The first-order valence-corrected chi connectivity index (χ1v) is 25.2. The maximum atomic E-state index is 2.66. The van der Waals surface area contributed by atoms with E-state index in [4.69, 9.17) is 0 Å². The molecule has 4 saturated carbocycles. The molecular weight excluding hydrogens is 819 g/mol. The van der Waals surface area contributed by atoms with Gasteiger partial charge in [-0.05, 0) is 176 Å². The van der Waals surface area contributed by atoms with Gasteiger partial charge in [0.25, 0.3) is 0 Å². The van der Waals surface area contributed by atoms with Crippen molar-refractivity contribution in [2.45, 2.75) is 56.8 Å². The Kier molecular flexibility index (Phi) is 8.89. The summed E-state index contributed by atoms with van der Waals surface area (Å²) in [5.41, 5.74) is 25.0. The van der Waals surface area contributed by atoms with Gasteiger partial charge >= 0.3 is 0 Å². The molecule has 0 aliphatic heterocycles. The van der Waals surface area contributed by atoms with Crippen LogP contribution < -0.4 is 4.90 Å². The highest BCUT2D eigenvalue weighted by Crippen LogP contribution is 2.70. The van der Waals surface area contributed by atoms with E-state index in [1.54, 1.807) is 11.1 Å². The molecule has 15 rings (SSSR count). The third-order valence-corrected chi connectivity index (χ3v) is 17.4. The van der Waals surface area contributed by atoms with E-state index in [9.17, 15) is 0 Å². The molecule has 1 spiro atoms. The summed E-state index contributed by atoms with van der Waals surface area (Å²) in [7, 11) is 0. The summed E-state index contributed by atoms with van der Waals surface area (Å²) in [6.45, 7) is 4.81. The van der Waals surface area contributed by atoms with E-state index < -0.39 is 0 Å². The van der Waals surface area contributed by atoms with Gasteiger partial charge in [-0.2, -0.15) is 0 Å². The van der Waals surface area contributed by atoms with Gasteiger partial charge in [-0.15, -0.1) is 0 Å². The van der Waals surface area contributed by atoms with Crippen LogP contribution in [0.25, 0.3) is 66.8 Å². The highest BCUT2D eigenvalue weighted by atomic mass is 15.1. The summed E-state index contributed by atoms with van der Waals surface area (Å²) in [6, 6.07) is 80.5. The SMILES string of the molecule is CC1(C)c2ccccc2-c2cccc(-c3cccc(N(c4ccc5c(c4)C4(c6ccccc6-5)C5CC6CC(C5)CC4C6)c4ccccc4-c4cccc(-c5ccccc5-c5ccccc5)c4)c3)c21. The van der Waals surface area contributed by atoms with Gasteiger partial charge in [-0.3, -0.25) is 0 Å². The van der Waals surface area contributed by atoms with Crippen LogP contribution in [-0.2, 0) is 10.8 Å². The predicted octanol–water partition coefficient (Wildman–Crippen LogP) is 17.9. The van der Waals surface area contributed by atoms with Gasteiger partial charge < -0.3 is 4.90 Å². The fourth-order valence-corrected chi connectivity index (χ4v) is 15.0. The van der Waals surface area contributed by atoms with Crippen LogP contribution in [0, 0.1) is 23.7 Å². The average Bonchev–Trinajstić information content (AvgIpc) is 3.81. The topological polar surface area (TPSA) is 3.24 Å². The highest BCUT2D eigenvalue weighted by molar-refractivity contribution is 5.95. The lowest BCUT2D eigenvalue weighted by molar-refractivity contribution is -0.0399. The standard InChI is InChI=1S/C67H55N/c1-66(2)61-30-11-8-27-58(61)60-29-16-28-56(65(60)66)48-21-15-22-51(41-48)68(52-33-34-59-57-26-9-12-31-62(57)67(63(59)42-52)49-36-43-35-44(38-49)39-50(67)37-43)64-32-13-10-25-55(64)47-20-14-19-46(40-47)54-24-7-6-23-53(54)45-17-4-3-5-18-45/h3-34,40-44,49-50H,35-39H2,1-2H3. The molecule has 328 valence electrons. The highest BCUT2D eigenvalue weighted by Gasteiger charge is 2.61. The second-order valence-electron chi connectivity index (χ2n) is 21.2. The summed E-state index contributed by atoms with van der Waals surface area (Å²) < 4.78 is 0. The van der Waals surface area contributed by atoms with Crippen molar-refractivity contribution in [1.29, 1.82) is 0 Å². The second-order valence-corrected chi connectivity index (χ2v) is 21.2. The normalized spacial score (nSPS) is 21.9. The number of fused-ring (bicyclic) bond motifs is 6. The maximum Gasteiger partial charge on any atom is 0.0540 e. The zero-order valence-electron chi connectivity index (χ0n) is 39.0. The third-order valence-electron chi connectivity index (χ3n) is 17.4. The molecule has 0 radical (unpaired) electrons. The molecule has 9 aromatic carbocycles. The van der Waals surface area contributed by atoms with E-state index >= 15 is 0 Å². The number of para-hydroxylation sites is 1. The lowest BCUT2D eigenvalue weighted by atomic mass is 9.43. The Bertz CT molecular complexity index is 3430. The molecule has 6 aliphatic carbocycles. The molecule has 4 bridgehead atoms. The van der Waals surface area contributed by atoms with Crippen molar-refractivity contribution in [3.05, 3.63) is 235 Å². The summed E-state index contributed by atoms with van der Waals surface area (Å²) >= 11 is 0. The molecule has 0 amide bonds. The van der Waals surface area contributed by atoms with Crippen LogP contribution in [0.3, 0.4) is 0 Å². The molecule has 1 heteroatoms. The van der Waals surface area contributed by atoms with E-state index in [2.05, 4.69) is 231 Å². The number of anilines is 3. The molecule has 9 aromatic rings. The minimum atomic E-state index is -0.128. The second kappa shape index (κ2) is 15.1. The third kappa shape index (κ3) is 5.81. The van der Waals surface area contributed by atoms with Crippen molar-refractivity contribution in [3.8, 4) is 66.8 Å². The monoisotopic (exact) mass is 873 g/mol. The van der Waals surface area contributed by atoms with Crippen LogP contribution in [0.15, 0.2) is 212 Å². The zero-order chi connectivity index (χ0) is 45.1. The Morgan fingerprint density at radius 3 is 1.56 bits per heavy atom. The Balaban J connectivity index is 0.968. The average molecular weight is 874 g/mol. The Labute approximate surface area is 401 Å². The van der Waals surface area contributed by atoms with Gasteiger partial charge in [0.2, 0.25) is 0 Å². The largest absolute Gasteiger partial charge is 0.310 e. The molecule has 1 nitrogen and oxygen atoms in total.